The van der Waals surface area contributed by atoms with Crippen LogP contribution in [0.1, 0.15) is 5.56 Å². The normalized spacial score (nSPS) is 15.0. The summed E-state index contributed by atoms with van der Waals surface area (Å²) in [7, 11) is 1.55. The second kappa shape index (κ2) is 8.38. The highest BCUT2D eigenvalue weighted by Gasteiger charge is 2.22. The van der Waals surface area contributed by atoms with Crippen LogP contribution in [0.3, 0.4) is 0 Å². The maximum absolute atomic E-state index is 13.0. The number of carbonyl (C=O) groups excluding carboxylic acids is 1. The average molecular weight is 378 g/mol. The third kappa shape index (κ3) is 4.65. The fraction of sp³-hybridized carbons (Fsp3) is 0.316. The van der Waals surface area contributed by atoms with Crippen LogP contribution >= 0.6 is 11.6 Å². The number of nitrogens with one attached hydrogen (secondary N) is 1. The van der Waals surface area contributed by atoms with E-state index in [1.807, 2.05) is 0 Å². The minimum absolute atomic E-state index is 0.174. The van der Waals surface area contributed by atoms with Crippen LogP contribution in [0.25, 0.3) is 0 Å². The first kappa shape index (κ1) is 18.5. The van der Waals surface area contributed by atoms with Crippen molar-refractivity contribution in [2.45, 2.75) is 6.54 Å². The quantitative estimate of drug-likeness (QED) is 0.880. The van der Waals surface area contributed by atoms with E-state index in [2.05, 4.69) is 10.2 Å². The smallest absolute Gasteiger partial charge is 0.322 e. The first-order valence-corrected chi connectivity index (χ1v) is 8.79. The molecule has 1 aliphatic heterocycles. The summed E-state index contributed by atoms with van der Waals surface area (Å²) in [5.41, 5.74) is 1.62. The molecule has 26 heavy (non-hydrogen) atoms. The van der Waals surface area contributed by atoms with E-state index < -0.39 is 0 Å². The van der Waals surface area contributed by atoms with Crippen LogP contribution in [-0.2, 0) is 6.54 Å². The molecule has 2 aromatic carbocycles. The summed E-state index contributed by atoms with van der Waals surface area (Å²) in [5.74, 6) is 0.337. The number of urea groups is 1. The van der Waals surface area contributed by atoms with Crippen molar-refractivity contribution >= 4 is 23.3 Å². The molecule has 0 saturated carbocycles. The van der Waals surface area contributed by atoms with E-state index in [4.69, 9.17) is 16.3 Å². The maximum Gasteiger partial charge on any atom is 0.322 e. The number of carbonyl (C=O) groups is 1. The number of amides is 2. The number of anilines is 1. The predicted molar refractivity (Wildman–Crippen MR) is 100 cm³/mol. The molecule has 7 heteroatoms. The monoisotopic (exact) mass is 377 g/mol. The van der Waals surface area contributed by atoms with Gasteiger partial charge >= 0.3 is 6.03 Å². The molecule has 0 atom stereocenters. The van der Waals surface area contributed by atoms with Gasteiger partial charge in [-0.05, 0) is 35.9 Å². The standard InChI is InChI=1S/C19H21ClFN3O2/c1-26-18-7-4-15(20)12-17(18)22-19(25)24-10-8-23(9-11-24)13-14-2-5-16(21)6-3-14/h2-7,12H,8-11,13H2,1H3,(H,22,25). The number of rotatable bonds is 4. The summed E-state index contributed by atoms with van der Waals surface area (Å²) in [6, 6.07) is 11.5. The summed E-state index contributed by atoms with van der Waals surface area (Å²) in [5, 5.41) is 3.39. The number of piperazine rings is 1. The summed E-state index contributed by atoms with van der Waals surface area (Å²) in [4.78, 5) is 16.5. The largest absolute Gasteiger partial charge is 0.495 e. The van der Waals surface area contributed by atoms with Crippen LogP contribution in [0.4, 0.5) is 14.9 Å². The second-order valence-corrected chi connectivity index (χ2v) is 6.60. The van der Waals surface area contributed by atoms with E-state index in [9.17, 15) is 9.18 Å². The third-order valence-corrected chi connectivity index (χ3v) is 4.62. The number of methoxy groups -OCH3 is 1. The Balaban J connectivity index is 1.53. The molecule has 0 spiro atoms. The van der Waals surface area contributed by atoms with Crippen LogP contribution in [0.2, 0.25) is 5.02 Å². The second-order valence-electron chi connectivity index (χ2n) is 6.16. The van der Waals surface area contributed by atoms with Crippen LogP contribution < -0.4 is 10.1 Å². The summed E-state index contributed by atoms with van der Waals surface area (Å²) >= 11 is 6.00. The Hall–Kier alpha value is -2.31. The lowest BCUT2D eigenvalue weighted by atomic mass is 10.2. The highest BCUT2D eigenvalue weighted by molar-refractivity contribution is 6.31. The van der Waals surface area contributed by atoms with Crippen molar-refractivity contribution in [2.75, 3.05) is 38.6 Å². The van der Waals surface area contributed by atoms with Crippen LogP contribution in [0.15, 0.2) is 42.5 Å². The van der Waals surface area contributed by atoms with Gasteiger partial charge in [0, 0.05) is 37.7 Å². The number of halogens is 2. The Bertz CT molecular complexity index is 762. The molecular formula is C19H21ClFN3O2. The molecule has 1 aliphatic rings. The lowest BCUT2D eigenvalue weighted by Gasteiger charge is -2.34. The minimum Gasteiger partial charge on any atom is -0.495 e. The molecule has 138 valence electrons. The Labute approximate surface area is 157 Å². The van der Waals surface area contributed by atoms with Crippen molar-refractivity contribution in [3.63, 3.8) is 0 Å². The lowest BCUT2D eigenvalue weighted by molar-refractivity contribution is 0.143. The fourth-order valence-corrected chi connectivity index (χ4v) is 3.10. The number of hydrogen-bond donors (Lipinski definition) is 1. The zero-order valence-corrected chi connectivity index (χ0v) is 15.3. The van der Waals surface area contributed by atoms with Gasteiger partial charge in [-0.15, -0.1) is 0 Å². The molecule has 0 aliphatic carbocycles. The molecular weight excluding hydrogens is 357 g/mol. The van der Waals surface area contributed by atoms with Crippen molar-refractivity contribution in [3.05, 3.63) is 58.9 Å². The molecule has 1 fully saturated rings. The van der Waals surface area contributed by atoms with E-state index in [1.54, 1.807) is 42.3 Å². The Morgan fingerprint density at radius 1 is 1.15 bits per heavy atom. The highest BCUT2D eigenvalue weighted by atomic mass is 35.5. The first-order chi connectivity index (χ1) is 12.5. The molecule has 2 aromatic rings. The number of nitrogens with zero attached hydrogens (tertiary/aromatic N) is 2. The Morgan fingerprint density at radius 2 is 1.85 bits per heavy atom. The SMILES string of the molecule is COc1ccc(Cl)cc1NC(=O)N1CCN(Cc2ccc(F)cc2)CC1. The summed E-state index contributed by atoms with van der Waals surface area (Å²) < 4.78 is 18.2. The summed E-state index contributed by atoms with van der Waals surface area (Å²) in [6.07, 6.45) is 0. The number of hydrogen-bond acceptors (Lipinski definition) is 3. The van der Waals surface area contributed by atoms with Crippen LogP contribution in [0, 0.1) is 5.82 Å². The minimum atomic E-state index is -0.230. The van der Waals surface area contributed by atoms with Gasteiger partial charge in [0.25, 0.3) is 0 Å². The molecule has 0 radical (unpaired) electrons. The average Bonchev–Trinajstić information content (AvgIpc) is 2.64. The van der Waals surface area contributed by atoms with E-state index in [0.29, 0.717) is 29.5 Å². The predicted octanol–water partition coefficient (Wildman–Crippen LogP) is 3.84. The van der Waals surface area contributed by atoms with E-state index in [0.717, 1.165) is 25.2 Å². The van der Waals surface area contributed by atoms with Gasteiger partial charge in [0.05, 0.1) is 12.8 Å². The molecule has 0 aromatic heterocycles. The van der Waals surface area contributed by atoms with Gasteiger partial charge in [-0.3, -0.25) is 4.90 Å². The first-order valence-electron chi connectivity index (χ1n) is 8.41. The van der Waals surface area contributed by atoms with E-state index in [-0.39, 0.29) is 11.8 Å². The van der Waals surface area contributed by atoms with Gasteiger partial charge in [0.15, 0.2) is 0 Å². The van der Waals surface area contributed by atoms with Crippen LogP contribution in [0.5, 0.6) is 5.75 Å². The molecule has 2 amide bonds. The van der Waals surface area contributed by atoms with Gasteiger partial charge in [-0.25, -0.2) is 9.18 Å². The Kier molecular flexibility index (Phi) is 5.96. The molecule has 0 bridgehead atoms. The molecule has 1 heterocycles. The highest BCUT2D eigenvalue weighted by Crippen LogP contribution is 2.28. The van der Waals surface area contributed by atoms with Gasteiger partial charge < -0.3 is 15.0 Å². The third-order valence-electron chi connectivity index (χ3n) is 4.38. The van der Waals surface area contributed by atoms with Gasteiger partial charge in [0.1, 0.15) is 11.6 Å². The lowest BCUT2D eigenvalue weighted by Crippen LogP contribution is -2.49. The van der Waals surface area contributed by atoms with Crippen molar-refractivity contribution in [3.8, 4) is 5.75 Å². The van der Waals surface area contributed by atoms with E-state index >= 15 is 0 Å². The number of benzene rings is 2. The molecule has 3 rings (SSSR count). The van der Waals surface area contributed by atoms with Crippen LogP contribution in [-0.4, -0.2) is 49.1 Å². The van der Waals surface area contributed by atoms with E-state index in [1.165, 1.54) is 12.1 Å². The van der Waals surface area contributed by atoms with Crippen molar-refractivity contribution in [1.29, 1.82) is 0 Å². The Morgan fingerprint density at radius 3 is 2.50 bits per heavy atom. The van der Waals surface area contributed by atoms with Crippen molar-refractivity contribution in [2.24, 2.45) is 0 Å². The maximum atomic E-state index is 13.0. The molecule has 1 saturated heterocycles. The molecule has 0 unspecified atom stereocenters. The zero-order valence-electron chi connectivity index (χ0n) is 14.5. The molecule has 1 N–H and O–H groups in total. The summed E-state index contributed by atoms with van der Waals surface area (Å²) in [6.45, 7) is 3.51. The van der Waals surface area contributed by atoms with Gasteiger partial charge in [-0.1, -0.05) is 23.7 Å². The fourth-order valence-electron chi connectivity index (χ4n) is 2.93. The van der Waals surface area contributed by atoms with Gasteiger partial charge in [0.2, 0.25) is 0 Å². The van der Waals surface area contributed by atoms with Crippen molar-refractivity contribution < 1.29 is 13.9 Å². The van der Waals surface area contributed by atoms with Gasteiger partial charge in [-0.2, -0.15) is 0 Å². The zero-order chi connectivity index (χ0) is 18.5. The molecule has 5 nitrogen and oxygen atoms in total. The van der Waals surface area contributed by atoms with Crippen molar-refractivity contribution in [1.82, 2.24) is 9.80 Å². The number of ether oxygens (including phenoxy) is 1. The topological polar surface area (TPSA) is 44.8 Å².